The summed E-state index contributed by atoms with van der Waals surface area (Å²) in [7, 11) is 0. The molecule has 1 aromatic rings. The lowest BCUT2D eigenvalue weighted by Gasteiger charge is -2.04. The average Bonchev–Trinajstić information content (AvgIpc) is 2.05. The molecule has 0 bridgehead atoms. The molecule has 1 atom stereocenters. The van der Waals surface area contributed by atoms with Crippen LogP contribution in [0, 0.1) is 0 Å². The predicted octanol–water partition coefficient (Wildman–Crippen LogP) is 1.70. The predicted molar refractivity (Wildman–Crippen MR) is 44.2 cm³/mol. The number of hydrogen-bond acceptors (Lipinski definition) is 2. The van der Waals surface area contributed by atoms with Gasteiger partial charge in [0, 0.05) is 11.9 Å². The van der Waals surface area contributed by atoms with E-state index in [2.05, 4.69) is 4.98 Å². The molecule has 1 aromatic heterocycles. The highest BCUT2D eigenvalue weighted by atomic mass is 16.3. The van der Waals surface area contributed by atoms with Gasteiger partial charge in [0.15, 0.2) is 0 Å². The van der Waals surface area contributed by atoms with Gasteiger partial charge in [0.1, 0.15) is 0 Å². The summed E-state index contributed by atoms with van der Waals surface area (Å²) in [6.45, 7) is 3.81. The Labute approximate surface area is 66.9 Å². The number of aryl methyl sites for hydroxylation is 1. The second-order valence-corrected chi connectivity index (χ2v) is 2.61. The monoisotopic (exact) mass is 151 g/mol. The van der Waals surface area contributed by atoms with Crippen molar-refractivity contribution in [2.24, 2.45) is 0 Å². The van der Waals surface area contributed by atoms with Crippen molar-refractivity contribution in [2.45, 2.75) is 26.4 Å². The Hall–Kier alpha value is -0.890. The summed E-state index contributed by atoms with van der Waals surface area (Å²) in [5.41, 5.74) is 1.97. The van der Waals surface area contributed by atoms with Gasteiger partial charge in [-0.3, -0.25) is 4.98 Å². The van der Waals surface area contributed by atoms with E-state index < -0.39 is 0 Å². The van der Waals surface area contributed by atoms with E-state index in [-0.39, 0.29) is 6.10 Å². The molecule has 0 aliphatic rings. The minimum absolute atomic E-state index is 0.386. The van der Waals surface area contributed by atoms with Gasteiger partial charge in [-0.25, -0.2) is 0 Å². The van der Waals surface area contributed by atoms with Crippen molar-refractivity contribution in [1.82, 2.24) is 4.98 Å². The van der Waals surface area contributed by atoms with Gasteiger partial charge in [-0.05, 0) is 31.0 Å². The molecule has 2 nitrogen and oxygen atoms in total. The minimum Gasteiger partial charge on any atom is -0.389 e. The molecule has 11 heavy (non-hydrogen) atoms. The zero-order valence-corrected chi connectivity index (χ0v) is 6.91. The Morgan fingerprint density at radius 2 is 2.36 bits per heavy atom. The first kappa shape index (κ1) is 8.21. The van der Waals surface area contributed by atoms with Gasteiger partial charge in [0.25, 0.3) is 0 Å². The molecule has 0 aliphatic carbocycles. The van der Waals surface area contributed by atoms with Gasteiger partial charge in [-0.2, -0.15) is 0 Å². The minimum atomic E-state index is -0.386. The van der Waals surface area contributed by atoms with Gasteiger partial charge < -0.3 is 5.11 Å². The summed E-state index contributed by atoms with van der Waals surface area (Å²) in [6.07, 6.45) is 2.27. The van der Waals surface area contributed by atoms with Crippen LogP contribution in [0.15, 0.2) is 18.3 Å². The van der Waals surface area contributed by atoms with Gasteiger partial charge in [-0.15, -0.1) is 0 Å². The number of pyridine rings is 1. The molecule has 2 heteroatoms. The maximum Gasteiger partial charge on any atom is 0.0763 e. The molecule has 1 unspecified atom stereocenters. The number of aliphatic hydroxyl groups is 1. The van der Waals surface area contributed by atoms with E-state index in [1.807, 2.05) is 19.1 Å². The Morgan fingerprint density at radius 1 is 1.64 bits per heavy atom. The van der Waals surface area contributed by atoms with Gasteiger partial charge >= 0.3 is 0 Å². The van der Waals surface area contributed by atoms with Crippen LogP contribution in [-0.4, -0.2) is 10.1 Å². The second-order valence-electron chi connectivity index (χ2n) is 2.61. The molecule has 1 rings (SSSR count). The molecule has 0 radical (unpaired) electrons. The molecule has 0 amide bonds. The lowest BCUT2D eigenvalue weighted by molar-refractivity contribution is 0.199. The van der Waals surface area contributed by atoms with Crippen molar-refractivity contribution in [1.29, 1.82) is 0 Å². The van der Waals surface area contributed by atoms with Crippen LogP contribution in [0.25, 0.3) is 0 Å². The highest BCUT2D eigenvalue weighted by molar-refractivity contribution is 5.18. The van der Waals surface area contributed by atoms with Crippen molar-refractivity contribution in [3.63, 3.8) is 0 Å². The average molecular weight is 151 g/mol. The Kier molecular flexibility index (Phi) is 2.60. The summed E-state index contributed by atoms with van der Waals surface area (Å²) >= 11 is 0. The Balaban J connectivity index is 2.91. The van der Waals surface area contributed by atoms with Crippen molar-refractivity contribution in [3.05, 3.63) is 29.6 Å². The maximum absolute atomic E-state index is 9.22. The highest BCUT2D eigenvalue weighted by Crippen LogP contribution is 2.11. The number of aromatic nitrogens is 1. The molecule has 1 heterocycles. The van der Waals surface area contributed by atoms with E-state index in [1.165, 1.54) is 0 Å². The molecule has 1 N–H and O–H groups in total. The van der Waals surface area contributed by atoms with Crippen LogP contribution in [0.4, 0.5) is 0 Å². The third-order valence-corrected chi connectivity index (χ3v) is 1.69. The van der Waals surface area contributed by atoms with E-state index >= 15 is 0 Å². The van der Waals surface area contributed by atoms with E-state index in [9.17, 15) is 5.11 Å². The quantitative estimate of drug-likeness (QED) is 0.697. The lowest BCUT2D eigenvalue weighted by Crippen LogP contribution is -1.94. The zero-order chi connectivity index (χ0) is 8.27. The maximum atomic E-state index is 9.22. The first-order chi connectivity index (χ1) is 5.24. The van der Waals surface area contributed by atoms with Crippen LogP contribution < -0.4 is 0 Å². The second kappa shape index (κ2) is 3.49. The largest absolute Gasteiger partial charge is 0.389 e. The fourth-order valence-corrected chi connectivity index (χ4v) is 0.950. The molecule has 0 fully saturated rings. The third-order valence-electron chi connectivity index (χ3n) is 1.69. The topological polar surface area (TPSA) is 33.1 Å². The van der Waals surface area contributed by atoms with Crippen molar-refractivity contribution in [2.75, 3.05) is 0 Å². The fraction of sp³-hybridized carbons (Fsp3) is 0.444. The van der Waals surface area contributed by atoms with Crippen LogP contribution in [0.2, 0.25) is 0 Å². The van der Waals surface area contributed by atoms with E-state index in [0.29, 0.717) is 0 Å². The molecule has 0 saturated carbocycles. The standard InChI is InChI=1S/C9H13NO/c1-3-9-6-8(7(2)11)4-5-10-9/h4-7,11H,3H2,1-2H3. The lowest BCUT2D eigenvalue weighted by atomic mass is 10.1. The van der Waals surface area contributed by atoms with Crippen LogP contribution in [-0.2, 0) is 6.42 Å². The van der Waals surface area contributed by atoms with Crippen molar-refractivity contribution in [3.8, 4) is 0 Å². The van der Waals surface area contributed by atoms with Crippen molar-refractivity contribution < 1.29 is 5.11 Å². The smallest absolute Gasteiger partial charge is 0.0763 e. The summed E-state index contributed by atoms with van der Waals surface area (Å²) in [4.78, 5) is 4.13. The van der Waals surface area contributed by atoms with Gasteiger partial charge in [-0.1, -0.05) is 6.92 Å². The Bertz CT molecular complexity index is 233. The third kappa shape index (κ3) is 2.02. The summed E-state index contributed by atoms with van der Waals surface area (Å²) in [6, 6.07) is 3.77. The summed E-state index contributed by atoms with van der Waals surface area (Å²) in [5.74, 6) is 0. The first-order valence-electron chi connectivity index (χ1n) is 3.87. The van der Waals surface area contributed by atoms with Crippen LogP contribution >= 0.6 is 0 Å². The normalized spacial score (nSPS) is 13.0. The molecule has 0 aromatic carbocycles. The molecule has 60 valence electrons. The molecule has 0 aliphatic heterocycles. The van der Waals surface area contributed by atoms with Crippen molar-refractivity contribution >= 4 is 0 Å². The number of rotatable bonds is 2. The highest BCUT2D eigenvalue weighted by Gasteiger charge is 2.00. The summed E-state index contributed by atoms with van der Waals surface area (Å²) < 4.78 is 0. The van der Waals surface area contributed by atoms with E-state index in [1.54, 1.807) is 13.1 Å². The number of hydrogen-bond donors (Lipinski definition) is 1. The molecular weight excluding hydrogens is 138 g/mol. The van der Waals surface area contributed by atoms with Crippen LogP contribution in [0.5, 0.6) is 0 Å². The van der Waals surface area contributed by atoms with E-state index in [0.717, 1.165) is 17.7 Å². The Morgan fingerprint density at radius 3 is 2.91 bits per heavy atom. The van der Waals surface area contributed by atoms with Crippen LogP contribution in [0.3, 0.4) is 0 Å². The van der Waals surface area contributed by atoms with Crippen LogP contribution in [0.1, 0.15) is 31.2 Å². The fourth-order valence-electron chi connectivity index (χ4n) is 0.950. The first-order valence-corrected chi connectivity index (χ1v) is 3.87. The SMILES string of the molecule is CCc1cc(C(C)O)ccn1. The number of nitrogens with zero attached hydrogens (tertiary/aromatic N) is 1. The van der Waals surface area contributed by atoms with Gasteiger partial charge in [0.05, 0.1) is 6.10 Å². The van der Waals surface area contributed by atoms with E-state index in [4.69, 9.17) is 0 Å². The molecular formula is C9H13NO. The molecule has 0 spiro atoms. The summed E-state index contributed by atoms with van der Waals surface area (Å²) in [5, 5.41) is 9.22. The zero-order valence-electron chi connectivity index (χ0n) is 6.91. The van der Waals surface area contributed by atoms with Gasteiger partial charge in [0.2, 0.25) is 0 Å². The molecule has 0 saturated heterocycles. The number of aliphatic hydroxyl groups excluding tert-OH is 1.